The molecule has 0 unspecified atom stereocenters. The van der Waals surface area contributed by atoms with Crippen LogP contribution in [0.1, 0.15) is 45.4 Å². The molecule has 17 heavy (non-hydrogen) atoms. The molecule has 0 aromatic rings. The van der Waals surface area contributed by atoms with E-state index in [1.807, 2.05) is 6.92 Å². The highest BCUT2D eigenvalue weighted by Gasteiger charge is 2.53. The van der Waals surface area contributed by atoms with E-state index in [9.17, 15) is 4.79 Å². The number of ketones is 1. The number of rotatable bonds is 4. The average Bonchev–Trinajstić information content (AvgIpc) is 2.27. The van der Waals surface area contributed by atoms with Crippen LogP contribution in [0, 0.1) is 23.2 Å². The molecular weight excluding hydrogens is 212 g/mol. The lowest BCUT2D eigenvalue weighted by Gasteiger charge is -2.55. The topological polar surface area (TPSA) is 26.3 Å². The number of carbonyl (C=O) groups excluding carboxylic acids is 1. The van der Waals surface area contributed by atoms with Crippen LogP contribution in [0.25, 0.3) is 0 Å². The standard InChI is InChI=1S/C15H22O2/c1-2-17-4-3-14(16)15-8-11-5-12(9-15)7-13(6-11)10-15/h3-4,11-13H,2,5-10H2,1H3. The molecular formula is C15H22O2. The van der Waals surface area contributed by atoms with Crippen molar-refractivity contribution in [1.82, 2.24) is 0 Å². The minimum Gasteiger partial charge on any atom is -0.501 e. The first kappa shape index (κ1) is 11.3. The maximum atomic E-state index is 12.4. The lowest BCUT2D eigenvalue weighted by molar-refractivity contribution is -0.138. The molecule has 0 aromatic heterocycles. The minimum atomic E-state index is 0.00233. The molecule has 0 saturated heterocycles. The van der Waals surface area contributed by atoms with Crippen molar-refractivity contribution in [2.24, 2.45) is 23.2 Å². The Bertz CT molecular complexity index is 308. The summed E-state index contributed by atoms with van der Waals surface area (Å²) in [7, 11) is 0. The van der Waals surface area contributed by atoms with E-state index in [1.54, 1.807) is 12.3 Å². The van der Waals surface area contributed by atoms with Crippen LogP contribution in [0.3, 0.4) is 0 Å². The van der Waals surface area contributed by atoms with Crippen LogP contribution in [0.4, 0.5) is 0 Å². The number of ether oxygens (including phenoxy) is 1. The highest BCUT2D eigenvalue weighted by molar-refractivity contribution is 5.95. The Morgan fingerprint density at radius 1 is 1.18 bits per heavy atom. The van der Waals surface area contributed by atoms with Gasteiger partial charge in [0, 0.05) is 11.5 Å². The fraction of sp³-hybridized carbons (Fsp3) is 0.800. The average molecular weight is 234 g/mol. The largest absolute Gasteiger partial charge is 0.501 e. The Kier molecular flexibility index (Phi) is 2.76. The molecule has 0 aliphatic heterocycles. The summed E-state index contributed by atoms with van der Waals surface area (Å²) in [5, 5.41) is 0. The SMILES string of the molecule is CCOC=CC(=O)C12CC3CC(CC(C3)C1)C2. The first-order chi connectivity index (χ1) is 8.22. The molecule has 0 heterocycles. The molecule has 4 fully saturated rings. The predicted octanol–water partition coefficient (Wildman–Crippen LogP) is 3.32. The number of allylic oxidation sites excluding steroid dienone is 1. The van der Waals surface area contributed by atoms with Crippen molar-refractivity contribution < 1.29 is 9.53 Å². The molecule has 0 aromatic carbocycles. The van der Waals surface area contributed by atoms with Gasteiger partial charge in [-0.15, -0.1) is 0 Å². The van der Waals surface area contributed by atoms with Gasteiger partial charge >= 0.3 is 0 Å². The monoisotopic (exact) mass is 234 g/mol. The van der Waals surface area contributed by atoms with E-state index in [-0.39, 0.29) is 5.41 Å². The molecule has 2 nitrogen and oxygen atoms in total. The molecule has 4 saturated carbocycles. The smallest absolute Gasteiger partial charge is 0.164 e. The van der Waals surface area contributed by atoms with E-state index in [0.29, 0.717) is 12.4 Å². The quantitative estimate of drug-likeness (QED) is 0.551. The lowest BCUT2D eigenvalue weighted by atomic mass is 9.48. The molecule has 0 spiro atoms. The van der Waals surface area contributed by atoms with Crippen LogP contribution in [-0.2, 0) is 9.53 Å². The van der Waals surface area contributed by atoms with Gasteiger partial charge in [-0.3, -0.25) is 4.79 Å². The Hall–Kier alpha value is -0.790. The number of carbonyl (C=O) groups is 1. The van der Waals surface area contributed by atoms with Crippen molar-refractivity contribution in [2.45, 2.75) is 45.4 Å². The van der Waals surface area contributed by atoms with Crippen LogP contribution in [0.15, 0.2) is 12.3 Å². The van der Waals surface area contributed by atoms with Crippen molar-refractivity contribution in [3.8, 4) is 0 Å². The van der Waals surface area contributed by atoms with Crippen LogP contribution in [0.2, 0.25) is 0 Å². The van der Waals surface area contributed by atoms with Crippen molar-refractivity contribution in [3.05, 3.63) is 12.3 Å². The summed E-state index contributed by atoms with van der Waals surface area (Å²) in [6, 6.07) is 0. The maximum absolute atomic E-state index is 12.4. The van der Waals surface area contributed by atoms with Crippen LogP contribution >= 0.6 is 0 Å². The van der Waals surface area contributed by atoms with E-state index < -0.39 is 0 Å². The summed E-state index contributed by atoms with van der Waals surface area (Å²) in [6.07, 6.45) is 10.9. The van der Waals surface area contributed by atoms with E-state index in [1.165, 1.54) is 19.3 Å². The van der Waals surface area contributed by atoms with Gasteiger partial charge in [0.1, 0.15) is 0 Å². The highest BCUT2D eigenvalue weighted by Crippen LogP contribution is 2.60. The molecule has 4 aliphatic rings. The lowest BCUT2D eigenvalue weighted by Crippen LogP contribution is -2.49. The molecule has 94 valence electrons. The predicted molar refractivity (Wildman–Crippen MR) is 66.4 cm³/mol. The highest BCUT2D eigenvalue weighted by atomic mass is 16.5. The zero-order chi connectivity index (χ0) is 11.9. The van der Waals surface area contributed by atoms with E-state index in [4.69, 9.17) is 4.74 Å². The molecule has 0 N–H and O–H groups in total. The summed E-state index contributed by atoms with van der Waals surface area (Å²) in [6.45, 7) is 2.59. The summed E-state index contributed by atoms with van der Waals surface area (Å²) in [5.74, 6) is 2.85. The van der Waals surface area contributed by atoms with E-state index in [2.05, 4.69) is 0 Å². The molecule has 4 bridgehead atoms. The van der Waals surface area contributed by atoms with Gasteiger partial charge in [-0.05, 0) is 63.2 Å². The van der Waals surface area contributed by atoms with Gasteiger partial charge in [-0.1, -0.05) is 0 Å². The Morgan fingerprint density at radius 3 is 2.18 bits per heavy atom. The van der Waals surface area contributed by atoms with Gasteiger partial charge in [-0.25, -0.2) is 0 Å². The van der Waals surface area contributed by atoms with Crippen LogP contribution in [0.5, 0.6) is 0 Å². The van der Waals surface area contributed by atoms with E-state index >= 15 is 0 Å². The van der Waals surface area contributed by atoms with Gasteiger partial charge in [0.2, 0.25) is 0 Å². The van der Waals surface area contributed by atoms with Gasteiger partial charge in [-0.2, -0.15) is 0 Å². The molecule has 0 atom stereocenters. The fourth-order valence-electron chi connectivity index (χ4n) is 4.80. The van der Waals surface area contributed by atoms with Gasteiger partial charge < -0.3 is 4.74 Å². The van der Waals surface area contributed by atoms with Gasteiger partial charge in [0.15, 0.2) is 5.78 Å². The normalized spacial score (nSPS) is 43.2. The third kappa shape index (κ3) is 1.92. The number of hydrogen-bond acceptors (Lipinski definition) is 2. The summed E-state index contributed by atoms with van der Waals surface area (Å²) in [5.41, 5.74) is 0.00233. The second-order valence-electron chi connectivity index (χ2n) is 6.32. The van der Waals surface area contributed by atoms with Crippen molar-refractivity contribution >= 4 is 5.78 Å². The second-order valence-corrected chi connectivity index (χ2v) is 6.32. The Balaban J connectivity index is 1.75. The maximum Gasteiger partial charge on any atom is 0.164 e. The first-order valence-electron chi connectivity index (χ1n) is 7.04. The second kappa shape index (κ2) is 4.15. The molecule has 0 amide bonds. The molecule has 4 aliphatic carbocycles. The fourth-order valence-corrected chi connectivity index (χ4v) is 4.80. The first-order valence-corrected chi connectivity index (χ1v) is 7.04. The van der Waals surface area contributed by atoms with Crippen molar-refractivity contribution in [1.29, 1.82) is 0 Å². The zero-order valence-electron chi connectivity index (χ0n) is 10.7. The van der Waals surface area contributed by atoms with Crippen LogP contribution in [-0.4, -0.2) is 12.4 Å². The minimum absolute atomic E-state index is 0.00233. The third-order valence-corrected chi connectivity index (χ3v) is 5.04. The van der Waals surface area contributed by atoms with Crippen molar-refractivity contribution in [2.75, 3.05) is 6.61 Å². The van der Waals surface area contributed by atoms with Crippen molar-refractivity contribution in [3.63, 3.8) is 0 Å². The summed E-state index contributed by atoms with van der Waals surface area (Å²) in [4.78, 5) is 12.4. The Labute approximate surface area is 103 Å². The zero-order valence-corrected chi connectivity index (χ0v) is 10.7. The van der Waals surface area contributed by atoms with Crippen LogP contribution < -0.4 is 0 Å². The summed E-state index contributed by atoms with van der Waals surface area (Å²) < 4.78 is 5.17. The van der Waals surface area contributed by atoms with E-state index in [0.717, 1.165) is 37.0 Å². The summed E-state index contributed by atoms with van der Waals surface area (Å²) >= 11 is 0. The molecule has 2 heteroatoms. The van der Waals surface area contributed by atoms with Gasteiger partial charge in [0.05, 0.1) is 12.9 Å². The van der Waals surface area contributed by atoms with Gasteiger partial charge in [0.25, 0.3) is 0 Å². The molecule has 4 rings (SSSR count). The Morgan fingerprint density at radius 2 is 1.71 bits per heavy atom. The molecule has 0 radical (unpaired) electrons. The number of hydrogen-bond donors (Lipinski definition) is 0. The third-order valence-electron chi connectivity index (χ3n) is 5.04.